The number of ether oxygens (including phenoxy) is 1. The summed E-state index contributed by atoms with van der Waals surface area (Å²) in [5.41, 5.74) is 0.543. The van der Waals surface area contributed by atoms with Crippen molar-refractivity contribution in [1.29, 1.82) is 0 Å². The molecule has 1 fully saturated rings. The van der Waals surface area contributed by atoms with Gasteiger partial charge >= 0.3 is 5.97 Å². The summed E-state index contributed by atoms with van der Waals surface area (Å²) in [6.45, 7) is 0.402. The average molecular weight is 342 g/mol. The normalized spacial score (nSPS) is 16.7. The minimum absolute atomic E-state index is 0.0581. The molecule has 1 saturated heterocycles. The number of carbonyl (C=O) groups excluding carboxylic acids is 1. The zero-order valence-electron chi connectivity index (χ0n) is 13.0. The number of carbonyl (C=O) groups is 2. The van der Waals surface area contributed by atoms with Gasteiger partial charge in [0.25, 0.3) is 11.6 Å². The van der Waals surface area contributed by atoms with Gasteiger partial charge in [0, 0.05) is 30.8 Å². The summed E-state index contributed by atoms with van der Waals surface area (Å²) in [5, 5.41) is 19.7. The molecule has 1 aliphatic rings. The van der Waals surface area contributed by atoms with Gasteiger partial charge in [0.1, 0.15) is 5.75 Å². The molecule has 1 heterocycles. The number of hydrogen-bond acceptors (Lipinski definition) is 5. The first-order valence-corrected chi connectivity index (χ1v) is 7.51. The quantitative estimate of drug-likeness (QED) is 0.660. The molecule has 2 aromatic rings. The van der Waals surface area contributed by atoms with Gasteiger partial charge in [0.2, 0.25) is 0 Å². The Morgan fingerprint density at radius 3 is 2.60 bits per heavy atom. The molecule has 8 nitrogen and oxygen atoms in total. The Morgan fingerprint density at radius 2 is 1.96 bits per heavy atom. The lowest BCUT2D eigenvalue weighted by Gasteiger charge is -2.17. The summed E-state index contributed by atoms with van der Waals surface area (Å²) in [6, 6.07) is 11.6. The molecule has 2 aromatic carbocycles. The number of benzene rings is 2. The first-order chi connectivity index (χ1) is 12.0. The van der Waals surface area contributed by atoms with Gasteiger partial charge in [-0.25, -0.2) is 4.79 Å². The van der Waals surface area contributed by atoms with Crippen LogP contribution in [0.5, 0.6) is 5.75 Å². The molecule has 1 aliphatic heterocycles. The second-order valence-corrected chi connectivity index (χ2v) is 5.49. The van der Waals surface area contributed by atoms with Crippen molar-refractivity contribution in [2.24, 2.45) is 0 Å². The average Bonchev–Trinajstić information content (AvgIpc) is 2.96. The zero-order valence-corrected chi connectivity index (χ0v) is 13.0. The Labute approximate surface area is 142 Å². The van der Waals surface area contributed by atoms with E-state index in [-0.39, 0.29) is 17.2 Å². The third kappa shape index (κ3) is 3.42. The number of nitro benzene ring substituents is 1. The van der Waals surface area contributed by atoms with Gasteiger partial charge in [-0.15, -0.1) is 0 Å². The summed E-state index contributed by atoms with van der Waals surface area (Å²) < 4.78 is 5.62. The lowest BCUT2D eigenvalue weighted by Crippen LogP contribution is -2.32. The molecule has 0 saturated carbocycles. The van der Waals surface area contributed by atoms with Gasteiger partial charge in [-0.3, -0.25) is 14.9 Å². The van der Waals surface area contributed by atoms with Crippen molar-refractivity contribution in [2.45, 2.75) is 12.5 Å². The molecule has 1 amide bonds. The fourth-order valence-electron chi connectivity index (χ4n) is 2.64. The first-order valence-electron chi connectivity index (χ1n) is 7.51. The van der Waals surface area contributed by atoms with Crippen LogP contribution in [0.2, 0.25) is 0 Å². The van der Waals surface area contributed by atoms with Crippen LogP contribution >= 0.6 is 0 Å². The number of nitrogens with zero attached hydrogens (tertiary/aromatic N) is 2. The molecule has 0 aliphatic carbocycles. The predicted molar refractivity (Wildman–Crippen MR) is 87.9 cm³/mol. The molecule has 1 N–H and O–H groups in total. The molecule has 0 bridgehead atoms. The van der Waals surface area contributed by atoms with Crippen LogP contribution < -0.4 is 9.64 Å². The van der Waals surface area contributed by atoms with E-state index in [1.165, 1.54) is 41.3 Å². The molecule has 25 heavy (non-hydrogen) atoms. The SMILES string of the molecule is O=C(O)c1cccc(N2CC[C@H](Oc3ccc([N+](=O)[O-])cc3)C2=O)c1. The van der Waals surface area contributed by atoms with E-state index in [9.17, 15) is 19.7 Å². The van der Waals surface area contributed by atoms with Crippen LogP contribution in [0.1, 0.15) is 16.8 Å². The van der Waals surface area contributed by atoms with Gasteiger partial charge < -0.3 is 14.7 Å². The summed E-state index contributed by atoms with van der Waals surface area (Å²) >= 11 is 0. The van der Waals surface area contributed by atoms with Crippen molar-refractivity contribution >= 4 is 23.3 Å². The highest BCUT2D eigenvalue weighted by Crippen LogP contribution is 2.26. The third-order valence-corrected chi connectivity index (χ3v) is 3.89. The molecule has 0 aromatic heterocycles. The van der Waals surface area contributed by atoms with Crippen LogP contribution in [-0.2, 0) is 4.79 Å². The van der Waals surface area contributed by atoms with Crippen molar-refractivity contribution in [1.82, 2.24) is 0 Å². The number of non-ortho nitro benzene ring substituents is 1. The number of nitro groups is 1. The van der Waals surface area contributed by atoms with Crippen LogP contribution in [0.15, 0.2) is 48.5 Å². The Kier molecular flexibility index (Phi) is 4.34. The van der Waals surface area contributed by atoms with Gasteiger partial charge in [-0.05, 0) is 30.3 Å². The maximum atomic E-state index is 12.5. The number of aromatic carboxylic acids is 1. The maximum absolute atomic E-state index is 12.5. The fraction of sp³-hybridized carbons (Fsp3) is 0.176. The van der Waals surface area contributed by atoms with E-state index in [0.717, 1.165) is 0 Å². The topological polar surface area (TPSA) is 110 Å². The molecule has 3 rings (SSSR count). The second kappa shape index (κ2) is 6.60. The van der Waals surface area contributed by atoms with Crippen molar-refractivity contribution in [3.63, 3.8) is 0 Å². The minimum Gasteiger partial charge on any atom is -0.481 e. The Morgan fingerprint density at radius 1 is 1.24 bits per heavy atom. The number of carboxylic acids is 1. The van der Waals surface area contributed by atoms with E-state index in [0.29, 0.717) is 24.4 Å². The van der Waals surface area contributed by atoms with E-state index in [4.69, 9.17) is 9.84 Å². The van der Waals surface area contributed by atoms with Crippen LogP contribution in [0.25, 0.3) is 0 Å². The Hall–Kier alpha value is -3.42. The van der Waals surface area contributed by atoms with Crippen LogP contribution in [-0.4, -0.2) is 34.6 Å². The van der Waals surface area contributed by atoms with Gasteiger partial charge in [0.05, 0.1) is 10.5 Å². The maximum Gasteiger partial charge on any atom is 0.335 e. The highest BCUT2D eigenvalue weighted by atomic mass is 16.6. The van der Waals surface area contributed by atoms with E-state index >= 15 is 0 Å². The lowest BCUT2D eigenvalue weighted by molar-refractivity contribution is -0.384. The van der Waals surface area contributed by atoms with E-state index in [1.54, 1.807) is 12.1 Å². The molecule has 0 radical (unpaired) electrons. The first kappa shape index (κ1) is 16.4. The highest BCUT2D eigenvalue weighted by Gasteiger charge is 2.34. The number of rotatable bonds is 5. The number of hydrogen-bond donors (Lipinski definition) is 1. The lowest BCUT2D eigenvalue weighted by atomic mass is 10.2. The summed E-state index contributed by atoms with van der Waals surface area (Å²) in [4.78, 5) is 35.2. The third-order valence-electron chi connectivity index (χ3n) is 3.89. The van der Waals surface area contributed by atoms with Gasteiger partial charge in [-0.2, -0.15) is 0 Å². The highest BCUT2D eigenvalue weighted by molar-refractivity contribution is 6.00. The molecule has 1 atom stereocenters. The van der Waals surface area contributed by atoms with Crippen molar-refractivity contribution in [3.8, 4) is 5.75 Å². The molecule has 128 valence electrons. The smallest absolute Gasteiger partial charge is 0.335 e. The summed E-state index contributed by atoms with van der Waals surface area (Å²) in [5.74, 6) is -0.974. The number of anilines is 1. The Bertz CT molecular complexity index is 833. The largest absolute Gasteiger partial charge is 0.481 e. The van der Waals surface area contributed by atoms with E-state index < -0.39 is 17.0 Å². The van der Waals surface area contributed by atoms with Crippen molar-refractivity contribution in [3.05, 3.63) is 64.2 Å². The van der Waals surface area contributed by atoms with Crippen molar-refractivity contribution < 1.29 is 24.4 Å². The zero-order chi connectivity index (χ0) is 18.0. The van der Waals surface area contributed by atoms with Gasteiger partial charge in [0.15, 0.2) is 6.10 Å². The minimum atomic E-state index is -1.06. The number of amides is 1. The Balaban J connectivity index is 1.72. The van der Waals surface area contributed by atoms with Crippen LogP contribution in [0, 0.1) is 10.1 Å². The van der Waals surface area contributed by atoms with Crippen LogP contribution in [0.4, 0.5) is 11.4 Å². The standard InChI is InChI=1S/C17H14N2O6/c20-16-15(25-14-6-4-12(5-7-14)19(23)24)8-9-18(16)13-3-1-2-11(10-13)17(21)22/h1-7,10,15H,8-9H2,(H,21,22)/t15-/m0/s1. The fourth-order valence-corrected chi connectivity index (χ4v) is 2.64. The monoisotopic (exact) mass is 342 g/mol. The summed E-state index contributed by atoms with van der Waals surface area (Å²) in [7, 11) is 0. The van der Waals surface area contributed by atoms with E-state index in [1.807, 2.05) is 0 Å². The molecule has 8 heteroatoms. The molecular weight excluding hydrogens is 328 g/mol. The van der Waals surface area contributed by atoms with Crippen molar-refractivity contribution in [2.75, 3.05) is 11.4 Å². The van der Waals surface area contributed by atoms with Gasteiger partial charge in [-0.1, -0.05) is 6.07 Å². The second-order valence-electron chi connectivity index (χ2n) is 5.49. The molecule has 0 unspecified atom stereocenters. The van der Waals surface area contributed by atoms with Crippen LogP contribution in [0.3, 0.4) is 0 Å². The summed E-state index contributed by atoms with van der Waals surface area (Å²) in [6.07, 6.45) is -0.275. The number of carboxylic acid groups (broad SMARTS) is 1. The van der Waals surface area contributed by atoms with E-state index in [2.05, 4.69) is 0 Å². The molecule has 0 spiro atoms. The predicted octanol–water partition coefficient (Wildman–Crippen LogP) is 2.48. The molecular formula is C17H14N2O6.